The van der Waals surface area contributed by atoms with Crippen molar-refractivity contribution < 1.29 is 22.7 Å². The van der Waals surface area contributed by atoms with E-state index >= 15 is 0 Å². The van der Waals surface area contributed by atoms with E-state index in [-0.39, 0.29) is 25.0 Å². The van der Waals surface area contributed by atoms with Crippen molar-refractivity contribution in [3.8, 4) is 11.3 Å². The fourth-order valence-corrected chi connectivity index (χ4v) is 6.04. The van der Waals surface area contributed by atoms with E-state index in [0.717, 1.165) is 10.0 Å². The molecule has 10 nitrogen and oxygen atoms in total. The van der Waals surface area contributed by atoms with Crippen molar-refractivity contribution in [2.24, 2.45) is 5.92 Å². The molecule has 2 amide bonds. The number of benzene rings is 1. The highest BCUT2D eigenvalue weighted by Crippen LogP contribution is 2.37. The van der Waals surface area contributed by atoms with Crippen LogP contribution in [0.4, 0.5) is 4.79 Å². The summed E-state index contributed by atoms with van der Waals surface area (Å²) in [6.45, 7) is 3.62. The number of imidazole rings is 1. The first-order valence-corrected chi connectivity index (χ1v) is 13.4. The molecule has 1 aromatic carbocycles. The summed E-state index contributed by atoms with van der Waals surface area (Å²) < 4.78 is 33.0. The Morgan fingerprint density at radius 1 is 1.24 bits per heavy atom. The van der Waals surface area contributed by atoms with Gasteiger partial charge in [0.15, 0.2) is 0 Å². The van der Waals surface area contributed by atoms with Crippen LogP contribution in [0.15, 0.2) is 34.9 Å². The average Bonchev–Trinajstić information content (AvgIpc) is 3.39. The van der Waals surface area contributed by atoms with Gasteiger partial charge >= 0.3 is 6.09 Å². The summed E-state index contributed by atoms with van der Waals surface area (Å²) in [5, 5.41) is 2.19. The lowest BCUT2D eigenvalue weighted by Gasteiger charge is -2.29. The minimum atomic E-state index is -3.52. The minimum Gasteiger partial charge on any atom is -0.453 e. The number of ether oxygens (including phenoxy) is 1. The van der Waals surface area contributed by atoms with Gasteiger partial charge in [-0.2, -0.15) is 4.31 Å². The molecular formula is C22H28BrN5O5S. The fraction of sp³-hybridized carbons (Fsp3) is 0.500. The van der Waals surface area contributed by atoms with E-state index < -0.39 is 33.5 Å². The summed E-state index contributed by atoms with van der Waals surface area (Å²) in [6.07, 6.45) is 2.28. The quantitative estimate of drug-likeness (QED) is 0.543. The number of sulfonamides is 1. The van der Waals surface area contributed by atoms with Gasteiger partial charge in [-0.25, -0.2) is 18.2 Å². The predicted molar refractivity (Wildman–Crippen MR) is 129 cm³/mol. The Morgan fingerprint density at radius 2 is 1.91 bits per heavy atom. The zero-order valence-electron chi connectivity index (χ0n) is 19.2. The highest BCUT2D eigenvalue weighted by molar-refractivity contribution is 9.10. The first kappa shape index (κ1) is 24.7. The molecule has 34 heavy (non-hydrogen) atoms. The van der Waals surface area contributed by atoms with Gasteiger partial charge in [-0.3, -0.25) is 4.79 Å². The van der Waals surface area contributed by atoms with E-state index in [0.29, 0.717) is 24.4 Å². The molecule has 2 atom stereocenters. The van der Waals surface area contributed by atoms with Crippen LogP contribution in [0.1, 0.15) is 38.6 Å². The van der Waals surface area contributed by atoms with Gasteiger partial charge in [0.2, 0.25) is 15.9 Å². The summed E-state index contributed by atoms with van der Waals surface area (Å²) in [5.41, 5.74) is 1.57. The number of nitrogens with one attached hydrogen (secondary N) is 2. The minimum absolute atomic E-state index is 0.0945. The molecule has 0 bridgehead atoms. The van der Waals surface area contributed by atoms with Crippen molar-refractivity contribution in [1.29, 1.82) is 0 Å². The van der Waals surface area contributed by atoms with Gasteiger partial charge in [0.05, 0.1) is 24.7 Å². The lowest BCUT2D eigenvalue weighted by molar-refractivity contribution is -0.135. The third-order valence-corrected chi connectivity index (χ3v) is 8.92. The number of carbonyl (C=O) groups is 2. The highest BCUT2D eigenvalue weighted by Gasteiger charge is 2.48. The molecule has 1 aromatic heterocycles. The molecule has 2 N–H and O–H groups in total. The van der Waals surface area contributed by atoms with E-state index in [1.54, 1.807) is 20.0 Å². The first-order valence-electron chi connectivity index (χ1n) is 11.1. The van der Waals surface area contributed by atoms with Crippen LogP contribution in [-0.2, 0) is 19.6 Å². The second-order valence-corrected chi connectivity index (χ2v) is 12.0. The van der Waals surface area contributed by atoms with Crippen molar-refractivity contribution in [2.75, 3.05) is 20.3 Å². The predicted octanol–water partition coefficient (Wildman–Crippen LogP) is 2.85. The van der Waals surface area contributed by atoms with Crippen LogP contribution < -0.4 is 5.32 Å². The summed E-state index contributed by atoms with van der Waals surface area (Å²) in [4.78, 5) is 34.7. The van der Waals surface area contributed by atoms with Crippen molar-refractivity contribution in [1.82, 2.24) is 24.5 Å². The largest absolute Gasteiger partial charge is 0.453 e. The van der Waals surface area contributed by atoms with Crippen LogP contribution in [0.25, 0.3) is 11.3 Å². The number of aromatic nitrogens is 2. The maximum atomic E-state index is 13.6. The maximum absolute atomic E-state index is 13.6. The molecule has 1 aliphatic carbocycles. The van der Waals surface area contributed by atoms with Crippen LogP contribution in [0.3, 0.4) is 0 Å². The second-order valence-electron chi connectivity index (χ2n) is 8.88. The van der Waals surface area contributed by atoms with Crippen LogP contribution in [0, 0.1) is 5.92 Å². The van der Waals surface area contributed by atoms with Crippen molar-refractivity contribution in [2.45, 2.75) is 44.0 Å². The monoisotopic (exact) mass is 553 g/mol. The number of hydrogen-bond donors (Lipinski definition) is 2. The second kappa shape index (κ2) is 9.67. The maximum Gasteiger partial charge on any atom is 0.407 e. The molecule has 12 heteroatoms. The van der Waals surface area contributed by atoms with Gasteiger partial charge in [0.25, 0.3) is 0 Å². The van der Waals surface area contributed by atoms with Gasteiger partial charge in [0, 0.05) is 22.8 Å². The van der Waals surface area contributed by atoms with E-state index in [9.17, 15) is 18.0 Å². The molecule has 1 saturated carbocycles. The van der Waals surface area contributed by atoms with Crippen LogP contribution in [0.5, 0.6) is 0 Å². The summed E-state index contributed by atoms with van der Waals surface area (Å²) >= 11 is 3.42. The Labute approximate surface area is 207 Å². The fourth-order valence-electron chi connectivity index (χ4n) is 3.99. The first-order chi connectivity index (χ1) is 16.1. The zero-order chi connectivity index (χ0) is 24.6. The molecule has 1 saturated heterocycles. The number of methoxy groups -OCH3 is 1. The normalized spacial score (nSPS) is 19.9. The van der Waals surface area contributed by atoms with Gasteiger partial charge in [0.1, 0.15) is 17.9 Å². The number of H-pyrrole nitrogens is 1. The molecule has 2 aromatic rings. The third-order valence-electron chi connectivity index (χ3n) is 6.10. The van der Waals surface area contributed by atoms with Crippen molar-refractivity contribution in [3.05, 3.63) is 40.8 Å². The van der Waals surface area contributed by atoms with Crippen LogP contribution in [0.2, 0.25) is 0 Å². The standard InChI is InChI=1S/C22H28BrN5O5S/c1-13(2)19(26-22(30)33-3)21(29)28-12-27(34(31,32)16-8-9-16)11-18(28)20-24-10-17(25-20)14-4-6-15(23)7-5-14/h4-7,10,13,16,18-19H,8-9,11-12H2,1-3H3,(H,24,25)(H,26,30)/t18-,19?/m0/s1. The molecular weight excluding hydrogens is 526 g/mol. The Balaban J connectivity index is 1.65. The molecule has 0 spiro atoms. The molecule has 1 unspecified atom stereocenters. The van der Waals surface area contributed by atoms with E-state index in [4.69, 9.17) is 0 Å². The molecule has 4 rings (SSSR count). The van der Waals surface area contributed by atoms with E-state index in [1.165, 1.54) is 16.3 Å². The lowest BCUT2D eigenvalue weighted by atomic mass is 10.0. The van der Waals surface area contributed by atoms with Crippen LogP contribution >= 0.6 is 15.9 Å². The number of amides is 2. The van der Waals surface area contributed by atoms with Crippen molar-refractivity contribution in [3.63, 3.8) is 0 Å². The highest BCUT2D eigenvalue weighted by atomic mass is 79.9. The number of hydrogen-bond acceptors (Lipinski definition) is 6. The van der Waals surface area contributed by atoms with Crippen molar-refractivity contribution >= 4 is 38.0 Å². The third kappa shape index (κ3) is 4.98. The molecule has 1 aliphatic heterocycles. The number of alkyl carbamates (subject to hydrolysis) is 1. The molecule has 2 fully saturated rings. The zero-order valence-corrected chi connectivity index (χ0v) is 21.6. The van der Waals surface area contributed by atoms with E-state index in [2.05, 4.69) is 36.0 Å². The molecule has 2 heterocycles. The lowest BCUT2D eigenvalue weighted by Crippen LogP contribution is -2.51. The Kier molecular flexibility index (Phi) is 7.02. The van der Waals surface area contributed by atoms with E-state index in [1.807, 2.05) is 24.3 Å². The van der Waals surface area contributed by atoms with Gasteiger partial charge in [-0.15, -0.1) is 0 Å². The topological polar surface area (TPSA) is 125 Å². The summed E-state index contributed by atoms with van der Waals surface area (Å²) in [7, 11) is -2.29. The van der Waals surface area contributed by atoms with Gasteiger partial charge in [-0.05, 0) is 30.9 Å². The average molecular weight is 554 g/mol. The Bertz CT molecular complexity index is 1160. The molecule has 0 radical (unpaired) electrons. The number of carbonyl (C=O) groups excluding carboxylic acids is 2. The Morgan fingerprint density at radius 3 is 2.50 bits per heavy atom. The SMILES string of the molecule is COC(=O)NC(C(=O)N1CN(S(=O)(=O)C2CC2)C[C@H]1c1nc(-c2ccc(Br)cc2)c[nH]1)C(C)C. The number of aromatic amines is 1. The summed E-state index contributed by atoms with van der Waals surface area (Å²) in [6, 6.07) is 6.15. The van der Waals surface area contributed by atoms with Gasteiger partial charge < -0.3 is 19.9 Å². The number of rotatable bonds is 7. The Hall–Kier alpha value is -2.44. The summed E-state index contributed by atoms with van der Waals surface area (Å²) in [5.74, 6) is -0.142. The smallest absolute Gasteiger partial charge is 0.407 e. The van der Waals surface area contributed by atoms with Gasteiger partial charge in [-0.1, -0.05) is 41.9 Å². The molecule has 184 valence electrons. The number of nitrogens with zero attached hydrogens (tertiary/aromatic N) is 3. The van der Waals surface area contributed by atoms with Crippen LogP contribution in [-0.4, -0.2) is 71.2 Å². The molecule has 2 aliphatic rings. The number of halogens is 1.